The highest BCUT2D eigenvalue weighted by atomic mass is 16.5. The molecule has 31 heavy (non-hydrogen) atoms. The number of rotatable bonds is 4. The van der Waals surface area contributed by atoms with Crippen molar-refractivity contribution in [3.05, 3.63) is 94.5 Å². The number of methoxy groups -OCH3 is 1. The van der Waals surface area contributed by atoms with E-state index >= 15 is 0 Å². The molecule has 0 radical (unpaired) electrons. The van der Waals surface area contributed by atoms with Gasteiger partial charge in [0.05, 0.1) is 12.7 Å². The summed E-state index contributed by atoms with van der Waals surface area (Å²) in [6, 6.07) is 20.0. The van der Waals surface area contributed by atoms with E-state index in [4.69, 9.17) is 11.2 Å². The molecule has 0 bridgehead atoms. The van der Waals surface area contributed by atoms with Gasteiger partial charge in [-0.3, -0.25) is 9.59 Å². The minimum Gasteiger partial charge on any atom is -0.496 e. The number of terminal acetylenes is 1. The van der Waals surface area contributed by atoms with Gasteiger partial charge >= 0.3 is 0 Å². The number of anilines is 1. The van der Waals surface area contributed by atoms with Crippen molar-refractivity contribution >= 4 is 17.5 Å². The number of para-hydroxylation sites is 1. The van der Waals surface area contributed by atoms with Gasteiger partial charge in [-0.05, 0) is 60.0 Å². The molecule has 3 aromatic carbocycles. The molecule has 0 aromatic heterocycles. The van der Waals surface area contributed by atoms with E-state index in [0.717, 1.165) is 12.0 Å². The Balaban J connectivity index is 1.52. The van der Waals surface area contributed by atoms with E-state index in [-0.39, 0.29) is 11.8 Å². The smallest absolute Gasteiger partial charge is 0.259 e. The van der Waals surface area contributed by atoms with Crippen molar-refractivity contribution < 1.29 is 14.3 Å². The van der Waals surface area contributed by atoms with Gasteiger partial charge in [0.1, 0.15) is 5.75 Å². The molecule has 1 aliphatic heterocycles. The molecule has 5 heteroatoms. The lowest BCUT2D eigenvalue weighted by Gasteiger charge is -2.29. The average Bonchev–Trinajstić information content (AvgIpc) is 2.83. The summed E-state index contributed by atoms with van der Waals surface area (Å²) in [5.74, 6) is 2.79. The first kappa shape index (κ1) is 20.2. The van der Waals surface area contributed by atoms with Crippen LogP contribution in [0.25, 0.3) is 0 Å². The maximum Gasteiger partial charge on any atom is 0.259 e. The Morgan fingerprint density at radius 1 is 1.03 bits per heavy atom. The van der Waals surface area contributed by atoms with Gasteiger partial charge in [0.2, 0.25) is 0 Å². The molecule has 154 valence electrons. The van der Waals surface area contributed by atoms with E-state index in [1.54, 1.807) is 42.5 Å². The van der Waals surface area contributed by atoms with Gasteiger partial charge in [0.15, 0.2) is 0 Å². The molecule has 0 unspecified atom stereocenters. The first-order chi connectivity index (χ1) is 15.1. The molecule has 1 heterocycles. The van der Waals surface area contributed by atoms with Gasteiger partial charge in [0, 0.05) is 29.9 Å². The van der Waals surface area contributed by atoms with E-state index in [1.807, 2.05) is 29.2 Å². The topological polar surface area (TPSA) is 58.6 Å². The maximum atomic E-state index is 13.0. The number of nitrogens with one attached hydrogen (secondary N) is 1. The summed E-state index contributed by atoms with van der Waals surface area (Å²) in [6.45, 7) is 1.12. The largest absolute Gasteiger partial charge is 0.496 e. The number of benzene rings is 3. The lowest BCUT2D eigenvalue weighted by Crippen LogP contribution is -2.36. The van der Waals surface area contributed by atoms with Crippen LogP contribution in [0, 0.1) is 12.3 Å². The Morgan fingerprint density at radius 3 is 2.68 bits per heavy atom. The van der Waals surface area contributed by atoms with Crippen LogP contribution in [-0.2, 0) is 13.0 Å². The second-order valence-electron chi connectivity index (χ2n) is 7.34. The van der Waals surface area contributed by atoms with E-state index < -0.39 is 0 Å². The number of amides is 2. The number of carbonyl (C=O) groups is 2. The van der Waals surface area contributed by atoms with Crippen LogP contribution < -0.4 is 10.1 Å². The maximum absolute atomic E-state index is 13.0. The standard InChI is InChI=1S/C26H22N2O3/c1-3-18-7-6-8-20(15-18)26(30)28-14-13-19-11-12-22(16-21(19)17-28)27-25(29)23-9-4-5-10-24(23)31-2/h1,4-12,15-16H,13-14,17H2,2H3,(H,27,29). The molecule has 1 N–H and O–H groups in total. The predicted molar refractivity (Wildman–Crippen MR) is 120 cm³/mol. The number of hydrogen-bond donors (Lipinski definition) is 1. The number of nitrogens with zero attached hydrogens (tertiary/aromatic N) is 1. The van der Waals surface area contributed by atoms with Gasteiger partial charge in [0.25, 0.3) is 11.8 Å². The minimum atomic E-state index is -0.243. The molecule has 0 atom stereocenters. The Hall–Kier alpha value is -4.04. The molecule has 0 spiro atoms. The monoisotopic (exact) mass is 410 g/mol. The van der Waals surface area contributed by atoms with Crippen LogP contribution in [0.2, 0.25) is 0 Å². The van der Waals surface area contributed by atoms with Crippen LogP contribution in [0.1, 0.15) is 37.4 Å². The van der Waals surface area contributed by atoms with Gasteiger partial charge in [-0.2, -0.15) is 0 Å². The summed E-state index contributed by atoms with van der Waals surface area (Å²) >= 11 is 0. The molecule has 0 fully saturated rings. The van der Waals surface area contributed by atoms with Crippen LogP contribution in [0.4, 0.5) is 5.69 Å². The van der Waals surface area contributed by atoms with Crippen molar-refractivity contribution in [2.75, 3.05) is 19.0 Å². The van der Waals surface area contributed by atoms with Crippen molar-refractivity contribution in [3.63, 3.8) is 0 Å². The summed E-state index contributed by atoms with van der Waals surface area (Å²) in [4.78, 5) is 27.5. The van der Waals surface area contributed by atoms with Crippen molar-refractivity contribution in [3.8, 4) is 18.1 Å². The molecule has 1 aliphatic rings. The molecule has 5 nitrogen and oxygen atoms in total. The van der Waals surface area contributed by atoms with Gasteiger partial charge in [-0.1, -0.05) is 30.2 Å². The molecule has 3 aromatic rings. The SMILES string of the molecule is C#Cc1cccc(C(=O)N2CCc3ccc(NC(=O)c4ccccc4OC)cc3C2)c1. The van der Waals surface area contributed by atoms with Crippen LogP contribution in [0.5, 0.6) is 5.75 Å². The van der Waals surface area contributed by atoms with Crippen molar-refractivity contribution in [2.45, 2.75) is 13.0 Å². The molecule has 0 saturated carbocycles. The van der Waals surface area contributed by atoms with Gasteiger partial charge in [-0.25, -0.2) is 0 Å². The fourth-order valence-corrected chi connectivity index (χ4v) is 3.76. The van der Waals surface area contributed by atoms with E-state index in [2.05, 4.69) is 11.2 Å². The highest BCUT2D eigenvalue weighted by Gasteiger charge is 2.22. The molecule has 4 rings (SSSR count). The number of hydrogen-bond acceptors (Lipinski definition) is 3. The van der Waals surface area contributed by atoms with E-state index in [0.29, 0.717) is 41.2 Å². The second-order valence-corrected chi connectivity index (χ2v) is 7.34. The third-order valence-electron chi connectivity index (χ3n) is 5.39. The summed E-state index contributed by atoms with van der Waals surface area (Å²) in [5.41, 5.74) is 4.61. The Labute approximate surface area is 181 Å². The fourth-order valence-electron chi connectivity index (χ4n) is 3.76. The second kappa shape index (κ2) is 8.76. The Bertz CT molecular complexity index is 1190. The van der Waals surface area contributed by atoms with Gasteiger partial charge in [-0.15, -0.1) is 6.42 Å². The lowest BCUT2D eigenvalue weighted by molar-refractivity contribution is 0.0734. The molecular weight excluding hydrogens is 388 g/mol. The molecule has 2 amide bonds. The number of carbonyl (C=O) groups excluding carboxylic acids is 2. The summed E-state index contributed by atoms with van der Waals surface area (Å²) < 4.78 is 5.28. The zero-order valence-electron chi connectivity index (χ0n) is 17.2. The van der Waals surface area contributed by atoms with Crippen LogP contribution in [-0.4, -0.2) is 30.4 Å². The summed E-state index contributed by atoms with van der Waals surface area (Å²) in [6.07, 6.45) is 6.22. The minimum absolute atomic E-state index is 0.0498. The highest BCUT2D eigenvalue weighted by Crippen LogP contribution is 2.25. The Morgan fingerprint density at radius 2 is 1.87 bits per heavy atom. The van der Waals surface area contributed by atoms with Crippen LogP contribution in [0.15, 0.2) is 66.7 Å². The number of ether oxygens (including phenoxy) is 1. The van der Waals surface area contributed by atoms with Crippen molar-refractivity contribution in [2.24, 2.45) is 0 Å². The zero-order valence-corrected chi connectivity index (χ0v) is 17.2. The van der Waals surface area contributed by atoms with Crippen LogP contribution in [0.3, 0.4) is 0 Å². The molecule has 0 aliphatic carbocycles. The third-order valence-corrected chi connectivity index (χ3v) is 5.39. The first-order valence-electron chi connectivity index (χ1n) is 10.0. The van der Waals surface area contributed by atoms with Gasteiger partial charge < -0.3 is 15.0 Å². The third kappa shape index (κ3) is 4.29. The summed E-state index contributed by atoms with van der Waals surface area (Å²) in [7, 11) is 1.54. The quantitative estimate of drug-likeness (QED) is 0.658. The molecular formula is C26H22N2O3. The highest BCUT2D eigenvalue weighted by molar-refractivity contribution is 6.06. The zero-order chi connectivity index (χ0) is 21.8. The predicted octanol–water partition coefficient (Wildman–Crippen LogP) is 4.13. The fraction of sp³-hybridized carbons (Fsp3) is 0.154. The molecule has 0 saturated heterocycles. The summed E-state index contributed by atoms with van der Waals surface area (Å²) in [5, 5.41) is 2.93. The normalized spacial score (nSPS) is 12.5. The van der Waals surface area contributed by atoms with Crippen LogP contribution >= 0.6 is 0 Å². The average molecular weight is 410 g/mol. The van der Waals surface area contributed by atoms with Crippen molar-refractivity contribution in [1.82, 2.24) is 4.90 Å². The van der Waals surface area contributed by atoms with E-state index in [9.17, 15) is 9.59 Å². The first-order valence-corrected chi connectivity index (χ1v) is 10.0. The Kier molecular flexibility index (Phi) is 5.72. The number of fused-ring (bicyclic) bond motifs is 1. The lowest BCUT2D eigenvalue weighted by atomic mass is 9.98. The van der Waals surface area contributed by atoms with E-state index in [1.165, 1.54) is 12.7 Å². The van der Waals surface area contributed by atoms with Crippen molar-refractivity contribution in [1.29, 1.82) is 0 Å².